The number of allylic oxidation sites excluding steroid dienone is 2. The Morgan fingerprint density at radius 1 is 0.286 bits per heavy atom. The maximum Gasteiger partial charge on any atom is -0.0351 e. The average molecular weight is 395 g/mol. The Kier molecular flexibility index (Phi) is 33.6. The lowest BCUT2D eigenvalue weighted by atomic mass is 10.1. The molecule has 0 saturated carbocycles. The van der Waals surface area contributed by atoms with E-state index >= 15 is 0 Å². The van der Waals surface area contributed by atoms with Crippen LogP contribution in [0.3, 0.4) is 0 Å². The minimum Gasteiger partial charge on any atom is -0.0885 e. The van der Waals surface area contributed by atoms with Crippen LogP contribution in [-0.2, 0) is 0 Å². The minimum atomic E-state index is 1.30. The van der Waals surface area contributed by atoms with Gasteiger partial charge in [-0.25, -0.2) is 0 Å². The molecule has 0 atom stereocenters. The molecule has 0 amide bonds. The third kappa shape index (κ3) is 33.3. The summed E-state index contributed by atoms with van der Waals surface area (Å²) in [6.45, 7) is 9.11. The molecule has 0 heteroatoms. The molecule has 0 heterocycles. The molecule has 0 aliphatic heterocycles. The first-order valence-electron chi connectivity index (χ1n) is 13.5. The van der Waals surface area contributed by atoms with Gasteiger partial charge in [-0.1, -0.05) is 155 Å². The Balaban J connectivity index is 0. The van der Waals surface area contributed by atoms with E-state index in [-0.39, 0.29) is 0 Å². The first-order chi connectivity index (χ1) is 13.8. The van der Waals surface area contributed by atoms with Gasteiger partial charge in [0.1, 0.15) is 0 Å². The fourth-order valence-corrected chi connectivity index (χ4v) is 3.53. The summed E-state index contributed by atoms with van der Waals surface area (Å²) in [5, 5.41) is 0. The molecule has 0 nitrogen and oxygen atoms in total. The highest BCUT2D eigenvalue weighted by Crippen LogP contribution is 2.11. The zero-order chi connectivity index (χ0) is 21.0. The lowest BCUT2D eigenvalue weighted by Crippen LogP contribution is -1.81. The summed E-state index contributed by atoms with van der Waals surface area (Å²) in [5.74, 6) is 0. The summed E-state index contributed by atoms with van der Waals surface area (Å²) < 4.78 is 0. The van der Waals surface area contributed by atoms with Crippen LogP contribution in [0.2, 0.25) is 0 Å². The highest BCUT2D eigenvalue weighted by Gasteiger charge is 1.91. The molecule has 0 saturated heterocycles. The molecule has 28 heavy (non-hydrogen) atoms. The molecule has 0 unspecified atom stereocenters. The molecule has 0 fully saturated rings. The van der Waals surface area contributed by atoms with Crippen molar-refractivity contribution in [3.8, 4) is 0 Å². The lowest BCUT2D eigenvalue weighted by molar-refractivity contribution is 0.548. The molecule has 0 aromatic rings. The van der Waals surface area contributed by atoms with Gasteiger partial charge in [0, 0.05) is 0 Å². The molecule has 0 aromatic heterocycles. The first kappa shape index (κ1) is 29.9. The maximum absolute atomic E-state index is 2.38. The fraction of sp³-hybridized carbons (Fsp3) is 0.929. The molecule has 0 N–H and O–H groups in total. The van der Waals surface area contributed by atoms with E-state index in [4.69, 9.17) is 0 Å². The molecule has 0 radical (unpaired) electrons. The Morgan fingerprint density at radius 3 is 0.750 bits per heavy atom. The van der Waals surface area contributed by atoms with E-state index in [0.717, 1.165) is 0 Å². The second-order valence-corrected chi connectivity index (χ2v) is 8.71. The van der Waals surface area contributed by atoms with E-state index in [1.807, 2.05) is 0 Å². The van der Waals surface area contributed by atoms with E-state index in [2.05, 4.69) is 39.8 Å². The minimum absolute atomic E-state index is 1.30. The van der Waals surface area contributed by atoms with Crippen LogP contribution in [0.4, 0.5) is 0 Å². The maximum atomic E-state index is 2.38. The highest BCUT2D eigenvalue weighted by atomic mass is 14.0. The van der Waals surface area contributed by atoms with Gasteiger partial charge in [-0.3, -0.25) is 0 Å². The summed E-state index contributed by atoms with van der Waals surface area (Å²) in [4.78, 5) is 0. The molecule has 0 aliphatic rings. The van der Waals surface area contributed by atoms with E-state index in [9.17, 15) is 0 Å². The number of unbranched alkanes of at least 4 members (excludes halogenated alkanes) is 19. The van der Waals surface area contributed by atoms with Gasteiger partial charge >= 0.3 is 0 Å². The van der Waals surface area contributed by atoms with E-state index in [0.29, 0.717) is 0 Å². The third-order valence-corrected chi connectivity index (χ3v) is 5.57. The fourth-order valence-electron chi connectivity index (χ4n) is 3.53. The van der Waals surface area contributed by atoms with Crippen molar-refractivity contribution in [3.63, 3.8) is 0 Å². The van der Waals surface area contributed by atoms with Gasteiger partial charge < -0.3 is 0 Å². The van der Waals surface area contributed by atoms with Crippen molar-refractivity contribution in [2.75, 3.05) is 0 Å². The van der Waals surface area contributed by atoms with Gasteiger partial charge in [0.2, 0.25) is 0 Å². The van der Waals surface area contributed by atoms with Gasteiger partial charge in [0.15, 0.2) is 0 Å². The average Bonchev–Trinajstić information content (AvgIpc) is 2.71. The molecule has 170 valence electrons. The van der Waals surface area contributed by atoms with Gasteiger partial charge in [-0.2, -0.15) is 0 Å². The zero-order valence-corrected chi connectivity index (χ0v) is 20.7. The summed E-state index contributed by atoms with van der Waals surface area (Å²) in [7, 11) is 0. The van der Waals surface area contributed by atoms with Gasteiger partial charge in [0.05, 0.1) is 0 Å². The molecule has 0 spiro atoms. The Hall–Kier alpha value is -0.260. The molecule has 0 aliphatic carbocycles. The number of hydrogen-bond acceptors (Lipinski definition) is 0. The van der Waals surface area contributed by atoms with Crippen molar-refractivity contribution in [1.29, 1.82) is 0 Å². The van der Waals surface area contributed by atoms with Crippen molar-refractivity contribution in [3.05, 3.63) is 12.2 Å². The van der Waals surface area contributed by atoms with E-state index in [1.165, 1.54) is 141 Å². The van der Waals surface area contributed by atoms with Crippen LogP contribution in [-0.4, -0.2) is 0 Å². The van der Waals surface area contributed by atoms with Crippen LogP contribution >= 0.6 is 0 Å². The van der Waals surface area contributed by atoms with Gasteiger partial charge in [0.25, 0.3) is 0 Å². The summed E-state index contributed by atoms with van der Waals surface area (Å²) >= 11 is 0. The largest absolute Gasteiger partial charge is 0.0885 e. The van der Waals surface area contributed by atoms with Crippen molar-refractivity contribution >= 4 is 0 Å². The Labute approximate surface area is 181 Å². The smallest absolute Gasteiger partial charge is 0.0351 e. The Morgan fingerprint density at radius 2 is 0.500 bits per heavy atom. The summed E-state index contributed by atoms with van der Waals surface area (Å²) in [6, 6.07) is 0. The predicted molar refractivity (Wildman–Crippen MR) is 133 cm³/mol. The second-order valence-electron chi connectivity index (χ2n) is 8.71. The molecule has 0 aromatic carbocycles. The molecule has 0 bridgehead atoms. The number of hydrogen-bond donors (Lipinski definition) is 0. The monoisotopic (exact) mass is 394 g/mol. The predicted octanol–water partition coefficient (Wildman–Crippen LogP) is 11.2. The molecular weight excluding hydrogens is 336 g/mol. The van der Waals surface area contributed by atoms with Crippen LogP contribution in [0.5, 0.6) is 0 Å². The SMILES string of the molecule is CCCCCC/C=C/CCCCCC.CCCCCCCCCCCCCC. The van der Waals surface area contributed by atoms with Crippen molar-refractivity contribution in [2.45, 2.75) is 169 Å². The highest BCUT2D eigenvalue weighted by molar-refractivity contribution is 4.81. The van der Waals surface area contributed by atoms with Crippen LogP contribution in [0.15, 0.2) is 12.2 Å². The normalized spacial score (nSPS) is 11.0. The number of rotatable bonds is 21. The van der Waals surface area contributed by atoms with Crippen LogP contribution in [0.25, 0.3) is 0 Å². The van der Waals surface area contributed by atoms with Gasteiger partial charge in [-0.05, 0) is 25.7 Å². The van der Waals surface area contributed by atoms with Crippen molar-refractivity contribution in [1.82, 2.24) is 0 Å². The summed E-state index contributed by atoms with van der Waals surface area (Å²) in [5.41, 5.74) is 0. The topological polar surface area (TPSA) is 0 Å². The zero-order valence-electron chi connectivity index (χ0n) is 20.7. The van der Waals surface area contributed by atoms with Crippen LogP contribution < -0.4 is 0 Å². The molecule has 0 rings (SSSR count). The van der Waals surface area contributed by atoms with Crippen molar-refractivity contribution < 1.29 is 0 Å². The molecular formula is C28H58. The van der Waals surface area contributed by atoms with E-state index in [1.54, 1.807) is 0 Å². The second kappa shape index (κ2) is 31.4. The van der Waals surface area contributed by atoms with Crippen molar-refractivity contribution in [2.24, 2.45) is 0 Å². The lowest BCUT2D eigenvalue weighted by Gasteiger charge is -2.01. The third-order valence-electron chi connectivity index (χ3n) is 5.57. The summed E-state index contributed by atoms with van der Waals surface area (Å²) in [6.07, 6.45) is 35.9. The Bertz CT molecular complexity index is 227. The van der Waals surface area contributed by atoms with Crippen LogP contribution in [0.1, 0.15) is 169 Å². The van der Waals surface area contributed by atoms with Crippen LogP contribution in [0, 0.1) is 0 Å². The first-order valence-corrected chi connectivity index (χ1v) is 13.5. The van der Waals surface area contributed by atoms with E-state index < -0.39 is 0 Å². The standard InChI is InChI=1S/C14H30.C14H28/c2*1-3-5-7-9-11-13-14-12-10-8-6-4-2/h3-14H2,1-2H3;13-14H,3-12H2,1-2H3/b;14-13+. The quantitative estimate of drug-likeness (QED) is 0.134. The van der Waals surface area contributed by atoms with Gasteiger partial charge in [-0.15, -0.1) is 0 Å².